The Morgan fingerprint density at radius 2 is 1.52 bits per heavy atom. The van der Waals surface area contributed by atoms with Crippen LogP contribution < -0.4 is 15.5 Å². The summed E-state index contributed by atoms with van der Waals surface area (Å²) in [5.74, 6) is 0.864. The van der Waals surface area contributed by atoms with Gasteiger partial charge in [-0.3, -0.25) is 15.2 Å². The van der Waals surface area contributed by atoms with Gasteiger partial charge in [0, 0.05) is 15.7 Å². The summed E-state index contributed by atoms with van der Waals surface area (Å²) in [6.07, 6.45) is -0.816. The molecule has 4 rings (SSSR count). The maximum absolute atomic E-state index is 8.63. The number of hydrogen-bond donors (Lipinski definition) is 2. The molecule has 138 valence electrons. The van der Waals surface area contributed by atoms with Crippen molar-refractivity contribution >= 4 is 52.0 Å². The molecule has 0 spiro atoms. The lowest BCUT2D eigenvalue weighted by atomic mass is 10.1. The molecule has 0 saturated carbocycles. The molecule has 0 saturated heterocycles. The summed E-state index contributed by atoms with van der Waals surface area (Å²) in [7, 11) is 0. The molecular formula is C18H16Cl2N6O. The average molecular weight is 403 g/mol. The van der Waals surface area contributed by atoms with Gasteiger partial charge in [0.25, 0.3) is 0 Å². The Bertz CT molecular complexity index is 1050. The van der Waals surface area contributed by atoms with E-state index >= 15 is 0 Å². The van der Waals surface area contributed by atoms with E-state index in [0.717, 1.165) is 11.1 Å². The number of halogens is 2. The molecule has 1 unspecified atom stereocenters. The number of rotatable bonds is 2. The van der Waals surface area contributed by atoms with Crippen molar-refractivity contribution in [1.29, 1.82) is 5.41 Å². The Kier molecular flexibility index (Phi) is 4.30. The lowest BCUT2D eigenvalue weighted by Gasteiger charge is -2.38. The smallest absolute Gasteiger partial charge is 0.228 e. The van der Waals surface area contributed by atoms with Crippen molar-refractivity contribution in [1.82, 2.24) is 10.3 Å². The normalized spacial score (nSPS) is 16.6. The quantitative estimate of drug-likeness (QED) is 0.652. The van der Waals surface area contributed by atoms with Gasteiger partial charge in [0.1, 0.15) is 12.0 Å². The predicted octanol–water partition coefficient (Wildman–Crippen LogP) is 4.55. The van der Waals surface area contributed by atoms with E-state index in [4.69, 9.17) is 39.0 Å². The minimum atomic E-state index is -0.816. The Morgan fingerprint density at radius 1 is 0.963 bits per heavy atom. The first kappa shape index (κ1) is 17.8. The van der Waals surface area contributed by atoms with Crippen LogP contribution in [0.2, 0.25) is 10.0 Å². The fraction of sp³-hybridized carbons (Fsp3) is 0.167. The summed E-state index contributed by atoms with van der Waals surface area (Å²) < 4.78 is 4.97. The van der Waals surface area contributed by atoms with E-state index in [2.05, 4.69) is 10.3 Å². The maximum Gasteiger partial charge on any atom is 0.228 e. The fourth-order valence-corrected chi connectivity index (χ4v) is 3.32. The predicted molar refractivity (Wildman–Crippen MR) is 107 cm³/mol. The van der Waals surface area contributed by atoms with E-state index in [1.54, 1.807) is 21.9 Å². The van der Waals surface area contributed by atoms with Gasteiger partial charge in [-0.2, -0.15) is 0 Å². The molecule has 3 aromatic rings. The molecule has 7 nitrogen and oxygen atoms in total. The number of nitrogens with zero attached hydrogens (tertiary/aromatic N) is 4. The third kappa shape index (κ3) is 2.84. The largest absolute Gasteiger partial charge is 0.305 e. The Balaban J connectivity index is 1.85. The number of aromatic nitrogens is 2. The Labute approximate surface area is 165 Å². The number of fused-ring (bicyclic) bond motifs is 1. The van der Waals surface area contributed by atoms with Crippen molar-refractivity contribution < 1.29 is 4.63 Å². The van der Waals surface area contributed by atoms with Crippen molar-refractivity contribution in [3.8, 4) is 0 Å². The van der Waals surface area contributed by atoms with Crippen LogP contribution in [0, 0.1) is 19.3 Å². The van der Waals surface area contributed by atoms with Gasteiger partial charge in [-0.1, -0.05) is 35.3 Å². The molecule has 2 heterocycles. The molecule has 1 atom stereocenters. The van der Waals surface area contributed by atoms with Crippen molar-refractivity contribution in [3.63, 3.8) is 0 Å². The van der Waals surface area contributed by atoms with Crippen LogP contribution in [0.1, 0.15) is 11.1 Å². The Hall–Kier alpha value is -2.61. The first-order valence-corrected chi connectivity index (χ1v) is 8.92. The molecule has 1 aromatic heterocycles. The Morgan fingerprint density at radius 3 is 2.15 bits per heavy atom. The molecule has 0 fully saturated rings. The van der Waals surface area contributed by atoms with Crippen LogP contribution in [0.4, 0.5) is 23.0 Å². The number of benzene rings is 2. The number of anilines is 4. The summed E-state index contributed by atoms with van der Waals surface area (Å²) >= 11 is 12.5. The summed E-state index contributed by atoms with van der Waals surface area (Å²) in [6, 6.07) is 11.0. The van der Waals surface area contributed by atoms with Gasteiger partial charge in [0.15, 0.2) is 0 Å². The molecule has 1 aliphatic heterocycles. The zero-order valence-corrected chi connectivity index (χ0v) is 16.1. The van der Waals surface area contributed by atoms with Gasteiger partial charge in [0.2, 0.25) is 11.6 Å². The summed E-state index contributed by atoms with van der Waals surface area (Å²) in [6.45, 7) is 3.82. The van der Waals surface area contributed by atoms with Gasteiger partial charge in [-0.15, -0.1) is 0 Å². The van der Waals surface area contributed by atoms with E-state index < -0.39 is 6.17 Å². The van der Waals surface area contributed by atoms with Crippen molar-refractivity contribution in [2.75, 3.05) is 9.80 Å². The number of hydrogen-bond acceptors (Lipinski definition) is 6. The van der Waals surface area contributed by atoms with E-state index in [1.165, 1.54) is 0 Å². The first-order chi connectivity index (χ1) is 12.9. The number of nitrogens with one attached hydrogen (secondary N) is 1. The molecule has 3 N–H and O–H groups in total. The molecule has 9 heteroatoms. The van der Waals surface area contributed by atoms with E-state index in [9.17, 15) is 0 Å². The number of aryl methyl sites for hydroxylation is 2. The van der Waals surface area contributed by atoms with Crippen LogP contribution in [-0.4, -0.2) is 22.3 Å². The lowest BCUT2D eigenvalue weighted by Crippen LogP contribution is -2.54. The van der Waals surface area contributed by atoms with Gasteiger partial charge in [0.05, 0.1) is 5.69 Å². The van der Waals surface area contributed by atoms with E-state index in [-0.39, 0.29) is 5.84 Å². The molecule has 2 aromatic carbocycles. The van der Waals surface area contributed by atoms with Crippen molar-refractivity contribution in [3.05, 3.63) is 57.6 Å². The zero-order valence-electron chi connectivity index (χ0n) is 14.6. The van der Waals surface area contributed by atoms with Crippen LogP contribution in [0.25, 0.3) is 0 Å². The highest BCUT2D eigenvalue weighted by atomic mass is 35.5. The number of amidine groups is 1. The average Bonchev–Trinajstić information content (AvgIpc) is 3.10. The molecular weight excluding hydrogens is 387 g/mol. The van der Waals surface area contributed by atoms with Gasteiger partial charge in [-0.05, 0) is 59.6 Å². The van der Waals surface area contributed by atoms with Gasteiger partial charge >= 0.3 is 0 Å². The van der Waals surface area contributed by atoms with Crippen molar-refractivity contribution in [2.45, 2.75) is 20.0 Å². The standard InChI is InChI=1S/C18H16Cl2N6O/c1-9-3-5-11(7-13(9)19)25-15(21)16(22)26(18-17(25)23-27-24-18)12-6-4-10(2)14(20)8-12/h3-8,15,22H,21H2,1-2H3. The first-order valence-electron chi connectivity index (χ1n) is 8.16. The van der Waals surface area contributed by atoms with Crippen LogP contribution in [0.15, 0.2) is 41.0 Å². The van der Waals surface area contributed by atoms with Gasteiger partial charge < -0.3 is 5.73 Å². The van der Waals surface area contributed by atoms with Crippen LogP contribution in [0.5, 0.6) is 0 Å². The highest BCUT2D eigenvalue weighted by Crippen LogP contribution is 2.42. The molecule has 1 aliphatic rings. The third-order valence-electron chi connectivity index (χ3n) is 4.54. The second-order valence-electron chi connectivity index (χ2n) is 6.31. The summed E-state index contributed by atoms with van der Waals surface area (Å²) in [4.78, 5) is 3.25. The molecule has 0 amide bonds. The van der Waals surface area contributed by atoms with Gasteiger partial charge in [-0.25, -0.2) is 4.63 Å². The van der Waals surface area contributed by atoms with E-state index in [0.29, 0.717) is 33.1 Å². The van der Waals surface area contributed by atoms with Crippen LogP contribution in [0.3, 0.4) is 0 Å². The molecule has 0 aliphatic carbocycles. The van der Waals surface area contributed by atoms with E-state index in [1.807, 2.05) is 38.1 Å². The van der Waals surface area contributed by atoms with Crippen LogP contribution in [-0.2, 0) is 0 Å². The number of nitrogens with two attached hydrogens (primary N) is 1. The molecule has 27 heavy (non-hydrogen) atoms. The topological polar surface area (TPSA) is 95.3 Å². The zero-order chi connectivity index (χ0) is 19.3. The second kappa shape index (κ2) is 6.53. The highest BCUT2D eigenvalue weighted by molar-refractivity contribution is 6.32. The summed E-state index contributed by atoms with van der Waals surface area (Å²) in [5, 5.41) is 17.8. The minimum Gasteiger partial charge on any atom is -0.305 e. The third-order valence-corrected chi connectivity index (χ3v) is 5.36. The van der Waals surface area contributed by atoms with Crippen molar-refractivity contribution in [2.24, 2.45) is 5.73 Å². The molecule has 0 bridgehead atoms. The monoisotopic (exact) mass is 402 g/mol. The maximum atomic E-state index is 8.63. The lowest BCUT2D eigenvalue weighted by molar-refractivity contribution is 0.309. The molecule has 0 radical (unpaired) electrons. The SMILES string of the molecule is Cc1ccc(N2C(=N)C(N)N(c3ccc(C)c(Cl)c3)c3nonc32)cc1Cl. The fourth-order valence-electron chi connectivity index (χ4n) is 2.97. The minimum absolute atomic E-state index is 0.106. The van der Waals surface area contributed by atoms with Crippen LogP contribution >= 0.6 is 23.2 Å². The highest BCUT2D eigenvalue weighted by Gasteiger charge is 2.39. The second-order valence-corrected chi connectivity index (χ2v) is 7.13. The summed E-state index contributed by atoms with van der Waals surface area (Å²) in [5.41, 5.74) is 9.61.